The molecule has 1 saturated carbocycles. The number of aryl methyl sites for hydroxylation is 1. The van der Waals surface area contributed by atoms with Gasteiger partial charge in [0.05, 0.1) is 53.2 Å². The number of aromatic nitrogens is 7. The number of ether oxygens (including phenoxy) is 2. The normalized spacial score (nSPS) is 18.6. The zero-order valence-electron chi connectivity index (χ0n) is 50.2. The number of Topliss-reactive ketones (excluding diaryl/α,β-unsaturated/α-hetero) is 1. The molecular formula is C61H64N12O12S6. The van der Waals surface area contributed by atoms with Gasteiger partial charge in [-0.2, -0.15) is 0 Å². The van der Waals surface area contributed by atoms with E-state index in [9.17, 15) is 48.6 Å². The van der Waals surface area contributed by atoms with Crippen molar-refractivity contribution >= 4 is 121 Å². The number of fused-ring (bicyclic) bond motifs is 14. The quantitative estimate of drug-likeness (QED) is 0.0555. The number of carboxylic acid groups (broad SMARTS) is 2. The lowest BCUT2D eigenvalue weighted by molar-refractivity contribution is -0.143. The van der Waals surface area contributed by atoms with E-state index >= 15 is 0 Å². The number of aliphatic carboxylic acids is 2. The van der Waals surface area contributed by atoms with Gasteiger partial charge in [-0.25, -0.2) is 39.7 Å². The van der Waals surface area contributed by atoms with Gasteiger partial charge in [-0.15, -0.1) is 68.0 Å². The second-order valence-corrected chi connectivity index (χ2v) is 27.9. The lowest BCUT2D eigenvalue weighted by atomic mass is 9.87. The number of thiazole rings is 6. The number of benzene rings is 1. The van der Waals surface area contributed by atoms with E-state index in [1.165, 1.54) is 87.1 Å². The zero-order chi connectivity index (χ0) is 64.6. The molecule has 4 atom stereocenters. The highest BCUT2D eigenvalue weighted by Crippen LogP contribution is 2.41. The molecule has 7 aromatic heterocycles. The van der Waals surface area contributed by atoms with Crippen LogP contribution >= 0.6 is 68.0 Å². The van der Waals surface area contributed by atoms with Gasteiger partial charge in [0.25, 0.3) is 11.8 Å². The number of pyridine rings is 1. The number of ketones is 1. The maximum absolute atomic E-state index is 14.4. The van der Waals surface area contributed by atoms with Crippen molar-refractivity contribution in [2.75, 3.05) is 32.1 Å². The molecule has 8 heterocycles. The number of methoxy groups -OCH3 is 1. The molecule has 2 aliphatic rings. The summed E-state index contributed by atoms with van der Waals surface area (Å²) >= 11 is 7.40. The second-order valence-electron chi connectivity index (χ2n) is 22.1. The first-order valence-electron chi connectivity index (χ1n) is 29.2. The maximum Gasteiger partial charge on any atom is 0.415 e. The molecular weight excluding hydrogens is 1290 g/mol. The molecule has 1 aliphatic heterocycles. The van der Waals surface area contributed by atoms with Crippen molar-refractivity contribution in [2.45, 2.75) is 116 Å². The number of anilines is 1. The van der Waals surface area contributed by atoms with Crippen molar-refractivity contribution < 1.29 is 58.0 Å². The molecule has 6 N–H and O–H groups in total. The summed E-state index contributed by atoms with van der Waals surface area (Å²) in [5.74, 6) is -5.59. The molecule has 1 aromatic carbocycles. The van der Waals surface area contributed by atoms with Crippen LogP contribution in [-0.2, 0) is 35.3 Å². The number of hydrogen-bond donors (Lipinski definition) is 6. The number of carbonyl (C=O) groups is 8. The highest BCUT2D eigenvalue weighted by molar-refractivity contribution is 7.15. The molecule has 10 rings (SSSR count). The fourth-order valence-corrected chi connectivity index (χ4v) is 16.2. The number of rotatable bonds is 15. The molecule has 0 spiro atoms. The minimum atomic E-state index is -1.04. The Hall–Kier alpha value is -8.13. The first-order chi connectivity index (χ1) is 43.7. The molecule has 476 valence electrons. The summed E-state index contributed by atoms with van der Waals surface area (Å²) in [6.45, 7) is 7.23. The van der Waals surface area contributed by atoms with Crippen LogP contribution in [0.4, 0.5) is 10.6 Å². The van der Waals surface area contributed by atoms with Crippen molar-refractivity contribution in [1.29, 1.82) is 0 Å². The lowest BCUT2D eigenvalue weighted by Gasteiger charge is -2.28. The second kappa shape index (κ2) is 29.4. The van der Waals surface area contributed by atoms with Crippen molar-refractivity contribution in [1.82, 2.24) is 56.2 Å². The SMILES string of the molecule is CNC(=O)C[C@@H]1NC(=O)c2csc(n2)-c2ccc(-c3nc(N(CCCC(=O)O)C(=O)OC4CCC(C(=O)O)CC4)cs3)nc2-c2csc(n2)-c2csc(n2)[C@H]([C@@H](C)c2ccccc2)NC(=O)CNC(=O)c2nc(sc2COC)C(C(C)C)CC(=O)c2nc1sc2C. The third-order valence-electron chi connectivity index (χ3n) is 15.5. The van der Waals surface area contributed by atoms with Crippen LogP contribution < -0.4 is 26.2 Å². The Labute approximate surface area is 546 Å². The van der Waals surface area contributed by atoms with Crippen LogP contribution in [0.25, 0.3) is 43.4 Å². The molecule has 1 unspecified atom stereocenters. The van der Waals surface area contributed by atoms with E-state index in [2.05, 4.69) is 21.3 Å². The molecule has 1 fully saturated rings. The highest BCUT2D eigenvalue weighted by Gasteiger charge is 2.35. The smallest absolute Gasteiger partial charge is 0.415 e. The Balaban J connectivity index is 1.04. The predicted octanol–water partition coefficient (Wildman–Crippen LogP) is 10.7. The minimum absolute atomic E-state index is 0.0179. The Morgan fingerprint density at radius 1 is 0.725 bits per heavy atom. The van der Waals surface area contributed by atoms with E-state index < -0.39 is 78.2 Å². The van der Waals surface area contributed by atoms with Gasteiger partial charge < -0.3 is 41.0 Å². The Morgan fingerprint density at radius 3 is 2.15 bits per heavy atom. The topological polar surface area (TPSA) is 337 Å². The van der Waals surface area contributed by atoms with Crippen LogP contribution in [0.3, 0.4) is 0 Å². The highest BCUT2D eigenvalue weighted by atomic mass is 32.1. The molecule has 30 heteroatoms. The average Bonchev–Trinajstić information content (AvgIpc) is 1.75. The fraction of sp³-hybridized carbons (Fsp3) is 0.393. The summed E-state index contributed by atoms with van der Waals surface area (Å²) in [7, 11) is 2.97. The van der Waals surface area contributed by atoms with Gasteiger partial charge >= 0.3 is 18.0 Å². The first kappa shape index (κ1) is 65.8. The predicted molar refractivity (Wildman–Crippen MR) is 346 cm³/mol. The van der Waals surface area contributed by atoms with E-state index in [0.717, 1.165) is 5.56 Å². The van der Waals surface area contributed by atoms with E-state index in [0.29, 0.717) is 93.8 Å². The molecule has 1 aliphatic carbocycles. The van der Waals surface area contributed by atoms with Gasteiger partial charge in [-0.1, -0.05) is 51.1 Å². The van der Waals surface area contributed by atoms with Crippen molar-refractivity contribution in [2.24, 2.45) is 11.8 Å². The van der Waals surface area contributed by atoms with Crippen molar-refractivity contribution in [3.05, 3.63) is 111 Å². The van der Waals surface area contributed by atoms with Gasteiger partial charge in [0.15, 0.2) is 5.78 Å². The van der Waals surface area contributed by atoms with Gasteiger partial charge in [0.1, 0.15) is 71.1 Å². The number of amides is 5. The molecule has 5 amide bonds. The number of hydrogen-bond acceptors (Lipinski definition) is 23. The summed E-state index contributed by atoms with van der Waals surface area (Å²) < 4.78 is 11.4. The van der Waals surface area contributed by atoms with E-state index in [-0.39, 0.29) is 79.4 Å². The number of nitrogens with zero attached hydrogens (tertiary/aromatic N) is 8. The maximum atomic E-state index is 14.4. The van der Waals surface area contributed by atoms with E-state index in [1.807, 2.05) is 56.5 Å². The molecule has 0 saturated heterocycles. The van der Waals surface area contributed by atoms with E-state index in [1.54, 1.807) is 35.2 Å². The summed E-state index contributed by atoms with van der Waals surface area (Å²) in [6.07, 6.45) is -0.263. The van der Waals surface area contributed by atoms with Crippen LogP contribution in [0.5, 0.6) is 0 Å². The lowest BCUT2D eigenvalue weighted by Crippen LogP contribution is -2.40. The molecule has 0 radical (unpaired) electrons. The Bertz CT molecular complexity index is 4000. The number of carboxylic acids is 2. The fourth-order valence-electron chi connectivity index (χ4n) is 10.5. The van der Waals surface area contributed by atoms with Gasteiger partial charge in [0, 0.05) is 77.3 Å². The zero-order valence-corrected chi connectivity index (χ0v) is 55.1. The minimum Gasteiger partial charge on any atom is -0.481 e. The van der Waals surface area contributed by atoms with Crippen LogP contribution in [0, 0.1) is 18.8 Å². The monoisotopic (exact) mass is 1350 g/mol. The van der Waals surface area contributed by atoms with Crippen molar-refractivity contribution in [3.8, 4) is 43.4 Å². The first-order valence-corrected chi connectivity index (χ1v) is 34.3. The summed E-state index contributed by atoms with van der Waals surface area (Å²) in [5, 5.41) is 40.1. The Kier molecular flexibility index (Phi) is 21.3. The standard InChI is InChI=1S/C61H64N12O12S6/c1-29(2)36-21-42(74)49-31(4)90-58(71-49)38(22-45(75)62-5)65-52(79)40-26-86-54(67-40)35-18-19-37(56-69-44(28-89-56)73(20-10-13-47(77)78)61(83)85-34-16-14-33(15-17-34)60(81)82)64-50(35)39-25-87-57(66-39)41-27-88-59(68-41)48(30(3)32-11-8-7-9-12-32)70-46(76)23-63-53(80)51-43(24-84-6)91-55(36)72-51/h7-9,11-12,18-19,25-30,33-34,36,38,48H,10,13-17,20-24H2,1-6H3,(H,62,75)(H,63,80)(H,65,79)(H,70,76)(H,77,78)(H,81,82)/t30-,33?,34?,36?,38-,48-/m0/s1. The van der Waals surface area contributed by atoms with Crippen LogP contribution in [0.15, 0.2) is 64.0 Å². The van der Waals surface area contributed by atoms with Crippen LogP contribution in [0.2, 0.25) is 0 Å². The summed E-state index contributed by atoms with van der Waals surface area (Å²) in [4.78, 5) is 144. The van der Waals surface area contributed by atoms with Crippen LogP contribution in [0.1, 0.15) is 158 Å². The molecule has 8 aromatic rings. The Morgan fingerprint density at radius 2 is 1.43 bits per heavy atom. The van der Waals surface area contributed by atoms with E-state index in [4.69, 9.17) is 44.4 Å². The number of carbonyl (C=O) groups excluding carboxylic acids is 6. The number of nitrogens with one attached hydrogen (secondary N) is 4. The van der Waals surface area contributed by atoms with Gasteiger partial charge in [0.2, 0.25) is 11.8 Å². The van der Waals surface area contributed by atoms with Crippen molar-refractivity contribution in [3.63, 3.8) is 0 Å². The average molecular weight is 1350 g/mol. The van der Waals surface area contributed by atoms with Crippen LogP contribution in [-0.4, -0.2) is 126 Å². The summed E-state index contributed by atoms with van der Waals surface area (Å²) in [6, 6.07) is 11.5. The third-order valence-corrected chi connectivity index (χ3v) is 21.3. The molecule has 24 nitrogen and oxygen atoms in total. The molecule has 10 bridgehead atoms. The largest absolute Gasteiger partial charge is 0.481 e. The van der Waals surface area contributed by atoms with Gasteiger partial charge in [-0.3, -0.25) is 38.5 Å². The third kappa shape index (κ3) is 15.6. The molecule has 91 heavy (non-hydrogen) atoms. The van der Waals surface area contributed by atoms with Gasteiger partial charge in [-0.05, 0) is 62.6 Å². The summed E-state index contributed by atoms with van der Waals surface area (Å²) in [5.41, 5.74) is 3.28.